The highest BCUT2D eigenvalue weighted by atomic mass is 16.6. The van der Waals surface area contributed by atoms with E-state index in [9.17, 15) is 19.5 Å². The van der Waals surface area contributed by atoms with Crippen molar-refractivity contribution in [1.82, 2.24) is 5.32 Å². The molecule has 1 heterocycles. The van der Waals surface area contributed by atoms with Crippen LogP contribution in [0.1, 0.15) is 93.9 Å². The zero-order valence-corrected chi connectivity index (χ0v) is 28.9. The SMILES string of the molecule is CC(=O)O[C@@H]1C[C@@]23COC[C@@](C)([C@@H]2CC[C@H]2C3=CC[C@@]3(C)[C@H](C(=O)O)[C@@](C)([C@H](C)C(C)C)CC[C@]23C)[C@H]1OC(=O)CNCCN. The van der Waals surface area contributed by atoms with Gasteiger partial charge in [-0.2, -0.15) is 0 Å². The smallest absolute Gasteiger partial charge is 0.320 e. The third kappa shape index (κ3) is 5.09. The van der Waals surface area contributed by atoms with Crippen LogP contribution in [0.2, 0.25) is 0 Å². The predicted molar refractivity (Wildman–Crippen MR) is 171 cm³/mol. The first kappa shape index (κ1) is 34.4. The summed E-state index contributed by atoms with van der Waals surface area (Å²) in [5, 5.41) is 13.9. The molecular formula is C36H58N2O7. The number of allylic oxidation sites excluding steroid dienone is 1. The van der Waals surface area contributed by atoms with Crippen molar-refractivity contribution in [2.75, 3.05) is 32.8 Å². The van der Waals surface area contributed by atoms with Crippen LogP contribution >= 0.6 is 0 Å². The maximum atomic E-state index is 13.3. The second-order valence-corrected chi connectivity index (χ2v) is 16.6. The average Bonchev–Trinajstić information content (AvgIpc) is 2.95. The van der Waals surface area contributed by atoms with Crippen LogP contribution in [0.25, 0.3) is 0 Å². The number of hydrogen-bond donors (Lipinski definition) is 3. The second-order valence-electron chi connectivity index (χ2n) is 16.6. The van der Waals surface area contributed by atoms with Gasteiger partial charge in [0.15, 0.2) is 0 Å². The lowest BCUT2D eigenvalue weighted by molar-refractivity contribution is -0.262. The molecule has 1 aliphatic heterocycles. The molecule has 0 amide bonds. The normalized spacial score (nSPS) is 44.5. The summed E-state index contributed by atoms with van der Waals surface area (Å²) < 4.78 is 18.6. The summed E-state index contributed by atoms with van der Waals surface area (Å²) in [6, 6.07) is 0. The van der Waals surface area contributed by atoms with E-state index in [2.05, 4.69) is 59.9 Å². The molecule has 0 unspecified atom stereocenters. The number of carbonyl (C=O) groups is 3. The molecule has 4 aliphatic carbocycles. The molecule has 0 aromatic carbocycles. The summed E-state index contributed by atoms with van der Waals surface area (Å²) >= 11 is 0. The van der Waals surface area contributed by atoms with Gasteiger partial charge in [0.25, 0.3) is 0 Å². The zero-order valence-electron chi connectivity index (χ0n) is 28.9. The number of ether oxygens (including phenoxy) is 3. The van der Waals surface area contributed by atoms with Crippen LogP contribution in [0.5, 0.6) is 0 Å². The van der Waals surface area contributed by atoms with E-state index in [4.69, 9.17) is 19.9 Å². The van der Waals surface area contributed by atoms with Gasteiger partial charge in [0.2, 0.25) is 0 Å². The van der Waals surface area contributed by atoms with Gasteiger partial charge in [0.1, 0.15) is 12.2 Å². The van der Waals surface area contributed by atoms with Gasteiger partial charge in [-0.1, -0.05) is 60.1 Å². The first-order valence-corrected chi connectivity index (χ1v) is 17.3. The fourth-order valence-electron chi connectivity index (χ4n) is 11.6. The fraction of sp³-hybridized carbons (Fsp3) is 0.861. The van der Waals surface area contributed by atoms with Crippen LogP contribution < -0.4 is 11.1 Å². The van der Waals surface area contributed by atoms with Gasteiger partial charge in [-0.15, -0.1) is 0 Å². The van der Waals surface area contributed by atoms with Crippen LogP contribution in [0, 0.1) is 56.7 Å². The summed E-state index contributed by atoms with van der Waals surface area (Å²) in [6.07, 6.45) is 6.13. The molecule has 9 nitrogen and oxygen atoms in total. The van der Waals surface area contributed by atoms with E-state index in [1.165, 1.54) is 12.5 Å². The van der Waals surface area contributed by atoms with Gasteiger partial charge in [-0.25, -0.2) is 0 Å². The number of rotatable bonds is 9. The number of nitrogens with two attached hydrogens (primary N) is 1. The molecule has 3 saturated carbocycles. The Balaban J connectivity index is 1.55. The van der Waals surface area contributed by atoms with E-state index in [0.29, 0.717) is 45.1 Å². The minimum atomic E-state index is -0.672. The van der Waals surface area contributed by atoms with Crippen molar-refractivity contribution in [3.05, 3.63) is 11.6 Å². The summed E-state index contributed by atoms with van der Waals surface area (Å²) in [5.41, 5.74) is 5.11. The van der Waals surface area contributed by atoms with E-state index >= 15 is 0 Å². The molecule has 5 aliphatic rings. The number of esters is 2. The number of aliphatic carboxylic acids is 1. The lowest BCUT2D eigenvalue weighted by Gasteiger charge is -2.71. The van der Waals surface area contributed by atoms with Gasteiger partial charge in [0.05, 0.1) is 25.7 Å². The van der Waals surface area contributed by atoms with E-state index in [1.54, 1.807) is 0 Å². The molecule has 1 saturated heterocycles. The minimum absolute atomic E-state index is 0.0382. The molecule has 4 fully saturated rings. The largest absolute Gasteiger partial charge is 0.481 e. The van der Waals surface area contributed by atoms with Crippen molar-refractivity contribution < 1.29 is 33.7 Å². The van der Waals surface area contributed by atoms with Crippen LogP contribution in [0.15, 0.2) is 11.6 Å². The number of fused-ring (bicyclic) bond motifs is 3. The zero-order chi connectivity index (χ0) is 33.2. The van der Waals surface area contributed by atoms with E-state index in [-0.39, 0.29) is 52.5 Å². The van der Waals surface area contributed by atoms with Crippen molar-refractivity contribution in [1.29, 1.82) is 0 Å². The fourth-order valence-corrected chi connectivity index (χ4v) is 11.6. The quantitative estimate of drug-likeness (QED) is 0.183. The standard InChI is InChI=1S/C36H58N2O7/c1-21(2)22(3)32(5)13-14-34(7)24-9-10-27-33(6)19-43-20-36(27,25(24)11-12-35(34,8)29(32)31(41)42)17-26(44-23(4)39)30(33)45-28(40)18-38-16-15-37/h11,21-22,24,26-27,29-30,38H,9-10,12-20,37H2,1-8H3,(H,41,42)/t22-,24+,26-,27+,29-,30+,32-,33+,34-,35+,36+/m1/s1. The molecule has 0 spiro atoms. The topological polar surface area (TPSA) is 137 Å². The predicted octanol–water partition coefficient (Wildman–Crippen LogP) is 4.97. The lowest BCUT2D eigenvalue weighted by Crippen LogP contribution is -2.70. The summed E-state index contributed by atoms with van der Waals surface area (Å²) in [6.45, 7) is 19.0. The lowest BCUT2D eigenvalue weighted by atomic mass is 9.34. The monoisotopic (exact) mass is 630 g/mol. The number of carbonyl (C=O) groups excluding carboxylic acids is 2. The van der Waals surface area contributed by atoms with Crippen molar-refractivity contribution >= 4 is 17.9 Å². The Bertz CT molecular complexity index is 1220. The number of hydrogen-bond acceptors (Lipinski definition) is 8. The Morgan fingerprint density at radius 3 is 2.40 bits per heavy atom. The van der Waals surface area contributed by atoms with Crippen LogP contribution in [0.4, 0.5) is 0 Å². The Labute approximate surface area is 269 Å². The molecule has 2 bridgehead atoms. The summed E-state index contributed by atoms with van der Waals surface area (Å²) in [7, 11) is 0. The second kappa shape index (κ2) is 11.9. The molecule has 0 aromatic heterocycles. The van der Waals surface area contributed by atoms with Crippen molar-refractivity contribution in [2.24, 2.45) is 62.4 Å². The maximum Gasteiger partial charge on any atom is 0.320 e. The van der Waals surface area contributed by atoms with Crippen molar-refractivity contribution in [3.8, 4) is 0 Å². The Hall–Kier alpha value is -1.97. The molecule has 4 N–H and O–H groups in total. The van der Waals surface area contributed by atoms with Crippen LogP contribution in [-0.2, 0) is 28.6 Å². The Morgan fingerprint density at radius 1 is 1.07 bits per heavy atom. The van der Waals surface area contributed by atoms with Gasteiger partial charge >= 0.3 is 17.9 Å². The van der Waals surface area contributed by atoms with Gasteiger partial charge in [-0.05, 0) is 78.4 Å². The number of carboxylic acids is 1. The van der Waals surface area contributed by atoms with Crippen molar-refractivity contribution in [3.63, 3.8) is 0 Å². The average molecular weight is 631 g/mol. The Kier molecular flexibility index (Phi) is 9.11. The first-order chi connectivity index (χ1) is 21.0. The van der Waals surface area contributed by atoms with Gasteiger partial charge in [-0.3, -0.25) is 14.4 Å². The molecule has 0 radical (unpaired) electrons. The molecule has 5 rings (SSSR count). The highest BCUT2D eigenvalue weighted by Crippen LogP contribution is 2.75. The first-order valence-electron chi connectivity index (χ1n) is 17.3. The van der Waals surface area contributed by atoms with Gasteiger partial charge < -0.3 is 30.4 Å². The molecular weight excluding hydrogens is 572 g/mol. The third-order valence-corrected chi connectivity index (χ3v) is 14.2. The molecule has 254 valence electrons. The minimum Gasteiger partial charge on any atom is -0.481 e. The van der Waals surface area contributed by atoms with Gasteiger partial charge in [0, 0.05) is 30.8 Å². The molecule has 45 heavy (non-hydrogen) atoms. The maximum absolute atomic E-state index is 13.3. The van der Waals surface area contributed by atoms with E-state index in [0.717, 1.165) is 25.7 Å². The summed E-state index contributed by atoms with van der Waals surface area (Å²) in [4.78, 5) is 38.8. The summed E-state index contributed by atoms with van der Waals surface area (Å²) in [5.74, 6) is -0.853. The van der Waals surface area contributed by atoms with Crippen molar-refractivity contribution in [2.45, 2.75) is 106 Å². The highest BCUT2D eigenvalue weighted by Gasteiger charge is 2.72. The number of carboxylic acid groups (broad SMARTS) is 1. The van der Waals surface area contributed by atoms with Crippen LogP contribution in [0.3, 0.4) is 0 Å². The molecule has 9 heteroatoms. The van der Waals surface area contributed by atoms with E-state index in [1.807, 2.05) is 0 Å². The Morgan fingerprint density at radius 2 is 1.78 bits per heavy atom. The number of nitrogens with one attached hydrogen (secondary N) is 1. The molecule has 0 aromatic rings. The highest BCUT2D eigenvalue weighted by molar-refractivity contribution is 5.73. The van der Waals surface area contributed by atoms with Crippen LogP contribution in [-0.4, -0.2) is 68.1 Å². The molecule has 11 atom stereocenters. The van der Waals surface area contributed by atoms with E-state index < -0.39 is 34.9 Å². The third-order valence-electron chi connectivity index (χ3n) is 14.2.